The Balaban J connectivity index is 1.93. The van der Waals surface area contributed by atoms with Gasteiger partial charge in [0.2, 0.25) is 0 Å². The highest BCUT2D eigenvalue weighted by atomic mass is 79.9. The van der Waals surface area contributed by atoms with Gasteiger partial charge in [0.25, 0.3) is 10.2 Å². The van der Waals surface area contributed by atoms with Crippen molar-refractivity contribution < 1.29 is 8.42 Å². The summed E-state index contributed by atoms with van der Waals surface area (Å²) in [6.45, 7) is 2.03. The van der Waals surface area contributed by atoms with Crippen LogP contribution >= 0.6 is 15.9 Å². The first-order valence-electron chi connectivity index (χ1n) is 6.71. The highest BCUT2D eigenvalue weighted by Gasteiger charge is 2.27. The maximum Gasteiger partial charge on any atom is 0.279 e. The van der Waals surface area contributed by atoms with Gasteiger partial charge in [-0.3, -0.25) is 0 Å². The lowest BCUT2D eigenvalue weighted by Crippen LogP contribution is -2.45. The molecule has 0 saturated carbocycles. The number of halogens is 1. The SMILES string of the molecule is NCC1CCN(S(=O)(=O)NCc2ccccc2Br)CC1. The van der Waals surface area contributed by atoms with Gasteiger partial charge in [0, 0.05) is 24.1 Å². The van der Waals surface area contributed by atoms with Gasteiger partial charge >= 0.3 is 0 Å². The summed E-state index contributed by atoms with van der Waals surface area (Å²) in [5, 5.41) is 0. The molecule has 2 rings (SSSR count). The van der Waals surface area contributed by atoms with Crippen LogP contribution in [-0.2, 0) is 16.8 Å². The first kappa shape index (κ1) is 15.9. The molecule has 0 atom stereocenters. The van der Waals surface area contributed by atoms with Crippen LogP contribution in [0.15, 0.2) is 28.7 Å². The molecule has 0 unspecified atom stereocenters. The van der Waals surface area contributed by atoms with Crippen molar-refractivity contribution in [2.24, 2.45) is 11.7 Å². The largest absolute Gasteiger partial charge is 0.330 e. The number of nitrogens with two attached hydrogens (primary N) is 1. The summed E-state index contributed by atoms with van der Waals surface area (Å²) in [5.74, 6) is 0.449. The van der Waals surface area contributed by atoms with Crippen LogP contribution in [-0.4, -0.2) is 32.4 Å². The van der Waals surface area contributed by atoms with E-state index in [0.717, 1.165) is 22.9 Å². The van der Waals surface area contributed by atoms with Crippen molar-refractivity contribution in [1.82, 2.24) is 9.03 Å². The predicted octanol–water partition coefficient (Wildman–Crippen LogP) is 1.45. The van der Waals surface area contributed by atoms with Crippen LogP contribution in [0, 0.1) is 5.92 Å². The van der Waals surface area contributed by atoms with Crippen molar-refractivity contribution >= 4 is 26.1 Å². The summed E-state index contributed by atoms with van der Waals surface area (Å²) in [6.07, 6.45) is 1.68. The molecule has 1 aromatic rings. The minimum Gasteiger partial charge on any atom is -0.330 e. The van der Waals surface area contributed by atoms with Crippen molar-refractivity contribution in [1.29, 1.82) is 0 Å². The van der Waals surface area contributed by atoms with Gasteiger partial charge in [0.1, 0.15) is 0 Å². The average Bonchev–Trinajstić information content (AvgIpc) is 2.46. The van der Waals surface area contributed by atoms with Crippen molar-refractivity contribution in [2.75, 3.05) is 19.6 Å². The third kappa shape index (κ3) is 4.02. The third-order valence-corrected chi connectivity index (χ3v) is 5.98. The number of nitrogens with one attached hydrogen (secondary N) is 1. The van der Waals surface area contributed by atoms with E-state index in [9.17, 15) is 8.42 Å². The fourth-order valence-corrected chi connectivity index (χ4v) is 3.92. The highest BCUT2D eigenvalue weighted by Crippen LogP contribution is 2.19. The van der Waals surface area contributed by atoms with E-state index in [2.05, 4.69) is 20.7 Å². The van der Waals surface area contributed by atoms with Crippen LogP contribution in [0.3, 0.4) is 0 Å². The molecule has 1 heterocycles. The maximum absolute atomic E-state index is 12.2. The van der Waals surface area contributed by atoms with Crippen LogP contribution in [0.25, 0.3) is 0 Å². The van der Waals surface area contributed by atoms with E-state index in [1.807, 2.05) is 24.3 Å². The van der Waals surface area contributed by atoms with E-state index >= 15 is 0 Å². The first-order chi connectivity index (χ1) is 9.53. The van der Waals surface area contributed by atoms with Crippen LogP contribution in [0.4, 0.5) is 0 Å². The lowest BCUT2D eigenvalue weighted by Gasteiger charge is -2.30. The molecule has 1 saturated heterocycles. The zero-order chi connectivity index (χ0) is 14.6. The number of benzene rings is 1. The summed E-state index contributed by atoms with van der Waals surface area (Å²) in [7, 11) is -3.41. The van der Waals surface area contributed by atoms with E-state index in [1.165, 1.54) is 4.31 Å². The molecule has 0 radical (unpaired) electrons. The summed E-state index contributed by atoms with van der Waals surface area (Å²) in [4.78, 5) is 0. The second-order valence-corrected chi connectivity index (χ2v) is 7.61. The maximum atomic E-state index is 12.2. The minimum absolute atomic E-state index is 0.292. The second-order valence-electron chi connectivity index (χ2n) is 5.00. The molecule has 112 valence electrons. The monoisotopic (exact) mass is 361 g/mol. The van der Waals surface area contributed by atoms with Crippen molar-refractivity contribution in [3.8, 4) is 0 Å². The Morgan fingerprint density at radius 3 is 2.55 bits per heavy atom. The lowest BCUT2D eigenvalue weighted by molar-refractivity contribution is 0.275. The zero-order valence-corrected chi connectivity index (χ0v) is 13.7. The summed E-state index contributed by atoms with van der Waals surface area (Å²) in [6, 6.07) is 7.59. The van der Waals surface area contributed by atoms with Gasteiger partial charge in [-0.15, -0.1) is 0 Å². The number of piperidine rings is 1. The molecule has 0 amide bonds. The Kier molecular flexibility index (Phi) is 5.57. The minimum atomic E-state index is -3.41. The van der Waals surface area contributed by atoms with Gasteiger partial charge in [-0.05, 0) is 36.9 Å². The fraction of sp³-hybridized carbons (Fsp3) is 0.538. The lowest BCUT2D eigenvalue weighted by atomic mass is 9.99. The van der Waals surface area contributed by atoms with E-state index in [0.29, 0.717) is 32.1 Å². The molecule has 0 aromatic heterocycles. The molecule has 1 aliphatic rings. The van der Waals surface area contributed by atoms with Gasteiger partial charge in [-0.2, -0.15) is 17.4 Å². The van der Waals surface area contributed by atoms with Gasteiger partial charge < -0.3 is 5.73 Å². The van der Waals surface area contributed by atoms with E-state index in [-0.39, 0.29) is 0 Å². The van der Waals surface area contributed by atoms with Gasteiger partial charge in [-0.1, -0.05) is 34.1 Å². The topological polar surface area (TPSA) is 75.4 Å². The third-order valence-electron chi connectivity index (χ3n) is 3.65. The average molecular weight is 362 g/mol. The Hall–Kier alpha value is -0.470. The highest BCUT2D eigenvalue weighted by molar-refractivity contribution is 9.10. The number of nitrogens with zero attached hydrogens (tertiary/aromatic N) is 1. The molecule has 0 bridgehead atoms. The van der Waals surface area contributed by atoms with E-state index < -0.39 is 10.2 Å². The number of hydrogen-bond acceptors (Lipinski definition) is 3. The molecule has 7 heteroatoms. The van der Waals surface area contributed by atoms with Gasteiger partial charge in [0.05, 0.1) is 0 Å². The van der Waals surface area contributed by atoms with E-state index in [1.54, 1.807) is 0 Å². The van der Waals surface area contributed by atoms with Crippen molar-refractivity contribution in [3.05, 3.63) is 34.3 Å². The molecule has 3 N–H and O–H groups in total. The van der Waals surface area contributed by atoms with E-state index in [4.69, 9.17) is 5.73 Å². The van der Waals surface area contributed by atoms with Gasteiger partial charge in [-0.25, -0.2) is 0 Å². The van der Waals surface area contributed by atoms with Crippen LogP contribution in [0.1, 0.15) is 18.4 Å². The Labute approximate surface area is 128 Å². The number of hydrogen-bond donors (Lipinski definition) is 2. The molecule has 0 aliphatic carbocycles. The van der Waals surface area contributed by atoms with Gasteiger partial charge in [0.15, 0.2) is 0 Å². The molecular weight excluding hydrogens is 342 g/mol. The standard InChI is InChI=1S/C13H20BrN3O2S/c14-13-4-2-1-3-12(13)10-16-20(18,19)17-7-5-11(9-15)6-8-17/h1-4,11,16H,5-10,15H2. The molecule has 0 spiro atoms. The molecule has 20 heavy (non-hydrogen) atoms. The molecule has 1 fully saturated rings. The fourth-order valence-electron chi connectivity index (χ4n) is 2.29. The molecule has 1 aliphatic heterocycles. The van der Waals surface area contributed by atoms with Crippen LogP contribution in [0.2, 0.25) is 0 Å². The molecule has 5 nitrogen and oxygen atoms in total. The zero-order valence-electron chi connectivity index (χ0n) is 11.3. The second kappa shape index (κ2) is 7.00. The Bertz CT molecular complexity index is 542. The Morgan fingerprint density at radius 2 is 1.95 bits per heavy atom. The first-order valence-corrected chi connectivity index (χ1v) is 8.94. The van der Waals surface area contributed by atoms with Crippen LogP contribution < -0.4 is 10.5 Å². The Morgan fingerprint density at radius 1 is 1.30 bits per heavy atom. The smallest absolute Gasteiger partial charge is 0.279 e. The summed E-state index contributed by atoms with van der Waals surface area (Å²) >= 11 is 3.41. The molecule has 1 aromatic carbocycles. The summed E-state index contributed by atoms with van der Waals surface area (Å²) in [5.41, 5.74) is 6.54. The van der Waals surface area contributed by atoms with Crippen LogP contribution in [0.5, 0.6) is 0 Å². The predicted molar refractivity (Wildman–Crippen MR) is 83.3 cm³/mol. The summed E-state index contributed by atoms with van der Waals surface area (Å²) < 4.78 is 29.5. The van der Waals surface area contributed by atoms with Crippen molar-refractivity contribution in [3.63, 3.8) is 0 Å². The number of rotatable bonds is 5. The quantitative estimate of drug-likeness (QED) is 0.833. The molecular formula is C13H20BrN3O2S. The normalized spacial score (nSPS) is 18.3. The van der Waals surface area contributed by atoms with Crippen molar-refractivity contribution in [2.45, 2.75) is 19.4 Å².